The van der Waals surface area contributed by atoms with E-state index in [-0.39, 0.29) is 23.8 Å². The van der Waals surface area contributed by atoms with Crippen LogP contribution in [0, 0.1) is 13.8 Å². The third-order valence-electron chi connectivity index (χ3n) is 5.54. The van der Waals surface area contributed by atoms with Crippen molar-refractivity contribution >= 4 is 17.8 Å². The lowest BCUT2D eigenvalue weighted by atomic mass is 9.95. The van der Waals surface area contributed by atoms with E-state index in [0.29, 0.717) is 49.2 Å². The van der Waals surface area contributed by atoms with E-state index in [0.717, 1.165) is 11.1 Å². The number of piperidine rings is 1. The lowest BCUT2D eigenvalue weighted by molar-refractivity contribution is 0.0854. The second kappa shape index (κ2) is 9.57. The van der Waals surface area contributed by atoms with Gasteiger partial charge in [-0.05, 0) is 56.9 Å². The van der Waals surface area contributed by atoms with Crippen molar-refractivity contribution in [3.8, 4) is 0 Å². The van der Waals surface area contributed by atoms with Crippen LogP contribution in [-0.4, -0.2) is 48.4 Å². The Morgan fingerprint density at radius 1 is 1.00 bits per heavy atom. The Kier molecular flexibility index (Phi) is 6.87. The zero-order valence-corrected chi connectivity index (χ0v) is 17.7. The van der Waals surface area contributed by atoms with Crippen LogP contribution in [0.15, 0.2) is 42.5 Å². The lowest BCUT2D eigenvalue weighted by Crippen LogP contribution is -2.46. The summed E-state index contributed by atoms with van der Waals surface area (Å²) in [5.74, 6) is -0.432. The summed E-state index contributed by atoms with van der Waals surface area (Å²) in [4.78, 5) is 39.5. The molecule has 2 aromatic rings. The van der Waals surface area contributed by atoms with Crippen molar-refractivity contribution in [2.45, 2.75) is 39.7 Å². The first kappa shape index (κ1) is 21.6. The number of carbonyl (C=O) groups is 3. The van der Waals surface area contributed by atoms with Crippen LogP contribution in [0.1, 0.15) is 57.2 Å². The van der Waals surface area contributed by atoms with Gasteiger partial charge >= 0.3 is 6.09 Å². The summed E-state index contributed by atoms with van der Waals surface area (Å²) in [6.07, 6.45) is 0.988. The van der Waals surface area contributed by atoms with Gasteiger partial charge in [-0.25, -0.2) is 4.79 Å². The minimum atomic E-state index is -0.313. The van der Waals surface area contributed by atoms with E-state index in [9.17, 15) is 14.4 Å². The van der Waals surface area contributed by atoms with E-state index in [1.807, 2.05) is 26.0 Å². The second-order valence-corrected chi connectivity index (χ2v) is 7.61. The molecule has 2 aromatic carbocycles. The molecule has 1 N–H and O–H groups in total. The third kappa shape index (κ3) is 4.87. The first-order valence-corrected chi connectivity index (χ1v) is 10.3. The third-order valence-corrected chi connectivity index (χ3v) is 5.54. The molecule has 1 fully saturated rings. The summed E-state index contributed by atoms with van der Waals surface area (Å²) in [7, 11) is 0. The topological polar surface area (TPSA) is 75.7 Å². The zero-order valence-electron chi connectivity index (χ0n) is 17.7. The summed E-state index contributed by atoms with van der Waals surface area (Å²) in [6, 6.07) is 12.4. The van der Waals surface area contributed by atoms with Gasteiger partial charge in [-0.2, -0.15) is 0 Å². The number of ketones is 1. The van der Waals surface area contributed by atoms with Crippen LogP contribution >= 0.6 is 0 Å². The number of hydrogen-bond acceptors (Lipinski definition) is 4. The number of benzene rings is 2. The average Bonchev–Trinajstić information content (AvgIpc) is 2.76. The second-order valence-electron chi connectivity index (χ2n) is 7.61. The maximum absolute atomic E-state index is 13.1. The van der Waals surface area contributed by atoms with Crippen LogP contribution in [0.3, 0.4) is 0 Å². The molecule has 1 aliphatic heterocycles. The van der Waals surface area contributed by atoms with Gasteiger partial charge in [0.2, 0.25) is 0 Å². The highest BCUT2D eigenvalue weighted by atomic mass is 16.6. The minimum Gasteiger partial charge on any atom is -0.450 e. The normalized spacial score (nSPS) is 14.3. The van der Waals surface area contributed by atoms with Gasteiger partial charge in [0, 0.05) is 30.3 Å². The van der Waals surface area contributed by atoms with Gasteiger partial charge in [-0.15, -0.1) is 0 Å². The van der Waals surface area contributed by atoms with E-state index in [2.05, 4.69) is 5.32 Å². The smallest absolute Gasteiger partial charge is 0.409 e. The highest BCUT2D eigenvalue weighted by Gasteiger charge is 2.26. The molecule has 6 nitrogen and oxygen atoms in total. The lowest BCUT2D eigenvalue weighted by Gasteiger charge is -2.31. The Labute approximate surface area is 177 Å². The molecule has 0 unspecified atom stereocenters. The first-order valence-electron chi connectivity index (χ1n) is 10.3. The van der Waals surface area contributed by atoms with Crippen molar-refractivity contribution in [2.24, 2.45) is 0 Å². The number of ether oxygens (including phenoxy) is 1. The van der Waals surface area contributed by atoms with Gasteiger partial charge in [0.05, 0.1) is 12.2 Å². The Hall–Kier alpha value is -3.15. The Morgan fingerprint density at radius 2 is 1.67 bits per heavy atom. The fourth-order valence-electron chi connectivity index (χ4n) is 3.60. The summed E-state index contributed by atoms with van der Waals surface area (Å²) in [5.41, 5.74) is 3.49. The van der Waals surface area contributed by atoms with Gasteiger partial charge in [-0.1, -0.05) is 30.3 Å². The highest BCUT2D eigenvalue weighted by Crippen LogP contribution is 2.19. The van der Waals surface area contributed by atoms with Gasteiger partial charge in [-0.3, -0.25) is 9.59 Å². The molecule has 0 atom stereocenters. The molecule has 1 heterocycles. The van der Waals surface area contributed by atoms with Crippen LogP contribution in [-0.2, 0) is 4.74 Å². The molecule has 0 aliphatic carbocycles. The largest absolute Gasteiger partial charge is 0.450 e. The number of nitrogens with one attached hydrogen (secondary N) is 1. The molecule has 0 spiro atoms. The molecule has 158 valence electrons. The molecule has 2 amide bonds. The predicted molar refractivity (Wildman–Crippen MR) is 115 cm³/mol. The van der Waals surface area contributed by atoms with E-state index in [1.54, 1.807) is 42.2 Å². The molecule has 1 aliphatic rings. The summed E-state index contributed by atoms with van der Waals surface area (Å²) in [5, 5.41) is 3.02. The molecule has 0 aromatic heterocycles. The average molecular weight is 408 g/mol. The standard InChI is InChI=1S/C24H28N2O4/c1-4-30-24(29)26-13-11-19(12-14-26)25-23(28)21-8-6-5-7-20(21)22(27)18-10-9-16(2)17(3)15-18/h5-10,15,19H,4,11-14H2,1-3H3,(H,25,28). The minimum absolute atomic E-state index is 0.0482. The fraction of sp³-hybridized carbons (Fsp3) is 0.375. The molecular weight excluding hydrogens is 380 g/mol. The van der Waals surface area contributed by atoms with E-state index in [4.69, 9.17) is 4.74 Å². The highest BCUT2D eigenvalue weighted by molar-refractivity contribution is 6.15. The Morgan fingerprint density at radius 3 is 2.30 bits per heavy atom. The number of carbonyl (C=O) groups excluding carboxylic acids is 3. The molecular formula is C24H28N2O4. The molecule has 1 saturated heterocycles. The summed E-state index contributed by atoms with van der Waals surface area (Å²) in [6.45, 7) is 7.16. The molecule has 0 radical (unpaired) electrons. The maximum Gasteiger partial charge on any atom is 0.409 e. The van der Waals surface area contributed by atoms with Gasteiger partial charge in [0.1, 0.15) is 0 Å². The van der Waals surface area contributed by atoms with Crippen LogP contribution in [0.4, 0.5) is 4.79 Å². The summed E-state index contributed by atoms with van der Waals surface area (Å²) >= 11 is 0. The van der Waals surface area contributed by atoms with Crippen LogP contribution in [0.25, 0.3) is 0 Å². The van der Waals surface area contributed by atoms with E-state index >= 15 is 0 Å². The monoisotopic (exact) mass is 408 g/mol. The van der Waals surface area contributed by atoms with Crippen molar-refractivity contribution < 1.29 is 19.1 Å². The fourth-order valence-corrected chi connectivity index (χ4v) is 3.60. The first-order chi connectivity index (χ1) is 14.4. The van der Waals surface area contributed by atoms with Gasteiger partial charge < -0.3 is 15.0 Å². The van der Waals surface area contributed by atoms with Gasteiger partial charge in [0.15, 0.2) is 5.78 Å². The number of likely N-dealkylation sites (tertiary alicyclic amines) is 1. The van der Waals surface area contributed by atoms with E-state index < -0.39 is 0 Å². The maximum atomic E-state index is 13.1. The van der Waals surface area contributed by atoms with Crippen LogP contribution in [0.2, 0.25) is 0 Å². The Bertz CT molecular complexity index is 946. The van der Waals surface area contributed by atoms with Crippen molar-refractivity contribution in [3.05, 3.63) is 70.3 Å². The van der Waals surface area contributed by atoms with Crippen molar-refractivity contribution in [2.75, 3.05) is 19.7 Å². The molecule has 30 heavy (non-hydrogen) atoms. The van der Waals surface area contributed by atoms with E-state index in [1.165, 1.54) is 0 Å². The number of hydrogen-bond donors (Lipinski definition) is 1. The Balaban J connectivity index is 1.70. The van der Waals surface area contributed by atoms with Crippen molar-refractivity contribution in [3.63, 3.8) is 0 Å². The van der Waals surface area contributed by atoms with Crippen LogP contribution < -0.4 is 5.32 Å². The zero-order chi connectivity index (χ0) is 21.7. The molecule has 6 heteroatoms. The van der Waals surface area contributed by atoms with Gasteiger partial charge in [0.25, 0.3) is 5.91 Å². The van der Waals surface area contributed by atoms with Crippen LogP contribution in [0.5, 0.6) is 0 Å². The summed E-state index contributed by atoms with van der Waals surface area (Å²) < 4.78 is 5.03. The molecule has 0 saturated carbocycles. The number of nitrogens with zero attached hydrogens (tertiary/aromatic N) is 1. The van der Waals surface area contributed by atoms with Crippen molar-refractivity contribution in [1.29, 1.82) is 0 Å². The number of rotatable bonds is 5. The molecule has 3 rings (SSSR count). The number of amides is 2. The quantitative estimate of drug-likeness (QED) is 0.762. The molecule has 0 bridgehead atoms. The predicted octanol–water partition coefficient (Wildman–Crippen LogP) is 3.89. The SMILES string of the molecule is CCOC(=O)N1CCC(NC(=O)c2ccccc2C(=O)c2ccc(C)c(C)c2)CC1. The number of aryl methyl sites for hydroxylation is 2. The van der Waals surface area contributed by atoms with Crippen molar-refractivity contribution in [1.82, 2.24) is 10.2 Å².